The molecule has 8 nitrogen and oxygen atoms in total. The number of nitrogens with one attached hydrogen (secondary N) is 1. The molecule has 1 aliphatic rings. The largest absolute Gasteiger partial charge is 0.454 e. The molecule has 2 heterocycles. The third kappa shape index (κ3) is 2.69. The van der Waals surface area contributed by atoms with Crippen LogP contribution in [-0.4, -0.2) is 32.9 Å². The van der Waals surface area contributed by atoms with Crippen molar-refractivity contribution in [3.63, 3.8) is 0 Å². The van der Waals surface area contributed by atoms with Gasteiger partial charge in [-0.25, -0.2) is 0 Å². The minimum atomic E-state index is -0.291. The number of ether oxygens (including phenoxy) is 2. The van der Waals surface area contributed by atoms with Gasteiger partial charge in [0.1, 0.15) is 6.33 Å². The highest BCUT2D eigenvalue weighted by atomic mass is 79.9. The van der Waals surface area contributed by atoms with Crippen molar-refractivity contribution >= 4 is 27.5 Å². The minimum absolute atomic E-state index is 0.182. The van der Waals surface area contributed by atoms with E-state index >= 15 is 0 Å². The molecule has 0 fully saturated rings. The van der Waals surface area contributed by atoms with E-state index in [0.717, 1.165) is 4.47 Å². The number of benzene rings is 2. The average molecular weight is 388 g/mol. The van der Waals surface area contributed by atoms with Crippen molar-refractivity contribution in [3.8, 4) is 17.2 Å². The van der Waals surface area contributed by atoms with Crippen molar-refractivity contribution in [2.75, 3.05) is 12.1 Å². The molecule has 0 aliphatic carbocycles. The van der Waals surface area contributed by atoms with Gasteiger partial charge in [-0.05, 0) is 40.8 Å². The third-order valence-electron chi connectivity index (χ3n) is 3.43. The van der Waals surface area contributed by atoms with Crippen LogP contribution in [0.1, 0.15) is 10.4 Å². The monoisotopic (exact) mass is 387 g/mol. The van der Waals surface area contributed by atoms with Crippen molar-refractivity contribution in [2.45, 2.75) is 0 Å². The van der Waals surface area contributed by atoms with Gasteiger partial charge in [-0.3, -0.25) is 4.79 Å². The second-order valence-corrected chi connectivity index (χ2v) is 5.85. The molecular formula is C15H10BrN5O3. The van der Waals surface area contributed by atoms with Crippen LogP contribution in [0.4, 0.5) is 5.69 Å². The molecule has 4 rings (SSSR count). The number of carbonyl (C=O) groups is 1. The summed E-state index contributed by atoms with van der Waals surface area (Å²) in [5, 5.41) is 13.9. The Labute approximate surface area is 144 Å². The standard InChI is InChI=1S/C15H10BrN5O3/c16-9-1-3-12(21-7-17-19-20-21)11(5-9)15(22)18-10-2-4-13-14(6-10)24-8-23-13/h1-7H,8H2,(H,18,22). The fraction of sp³-hybridized carbons (Fsp3) is 0.0667. The van der Waals surface area contributed by atoms with Crippen molar-refractivity contribution in [1.82, 2.24) is 20.2 Å². The molecule has 1 N–H and O–H groups in total. The lowest BCUT2D eigenvalue weighted by Crippen LogP contribution is -2.15. The lowest BCUT2D eigenvalue weighted by molar-refractivity contribution is 0.102. The predicted octanol–water partition coefficient (Wildman–Crippen LogP) is 2.41. The summed E-state index contributed by atoms with van der Waals surface area (Å²) in [6.07, 6.45) is 1.43. The number of hydrogen-bond acceptors (Lipinski definition) is 6. The van der Waals surface area contributed by atoms with Crippen LogP contribution in [-0.2, 0) is 0 Å². The van der Waals surface area contributed by atoms with E-state index in [4.69, 9.17) is 9.47 Å². The van der Waals surface area contributed by atoms with Gasteiger partial charge in [0.15, 0.2) is 11.5 Å². The molecule has 1 amide bonds. The SMILES string of the molecule is O=C(Nc1ccc2c(c1)OCO2)c1cc(Br)ccc1-n1cnnn1. The number of halogens is 1. The second-order valence-electron chi connectivity index (χ2n) is 4.94. The quantitative estimate of drug-likeness (QED) is 0.741. The Morgan fingerprint density at radius 1 is 1.17 bits per heavy atom. The lowest BCUT2D eigenvalue weighted by Gasteiger charge is -2.10. The first-order chi connectivity index (χ1) is 11.7. The van der Waals surface area contributed by atoms with Crippen molar-refractivity contribution in [2.24, 2.45) is 0 Å². The molecule has 0 radical (unpaired) electrons. The summed E-state index contributed by atoms with van der Waals surface area (Å²) in [5.74, 6) is 0.966. The Morgan fingerprint density at radius 3 is 2.88 bits per heavy atom. The molecule has 120 valence electrons. The van der Waals surface area contributed by atoms with Gasteiger partial charge >= 0.3 is 0 Å². The summed E-state index contributed by atoms with van der Waals surface area (Å²) in [6, 6.07) is 10.5. The van der Waals surface area contributed by atoms with Crippen LogP contribution in [0.25, 0.3) is 5.69 Å². The first-order valence-corrected chi connectivity index (χ1v) is 7.74. The number of carbonyl (C=O) groups excluding carboxylic acids is 1. The maximum atomic E-state index is 12.7. The van der Waals surface area contributed by atoms with Crippen LogP contribution in [0.2, 0.25) is 0 Å². The van der Waals surface area contributed by atoms with Crippen molar-refractivity contribution < 1.29 is 14.3 Å². The van der Waals surface area contributed by atoms with Gasteiger partial charge in [0.05, 0.1) is 11.3 Å². The minimum Gasteiger partial charge on any atom is -0.454 e. The highest BCUT2D eigenvalue weighted by Crippen LogP contribution is 2.34. The van der Waals surface area contributed by atoms with Crippen molar-refractivity contribution in [3.05, 3.63) is 52.8 Å². The molecule has 2 aromatic carbocycles. The number of hydrogen-bond donors (Lipinski definition) is 1. The Hall–Kier alpha value is -2.94. The molecule has 0 spiro atoms. The molecule has 0 saturated carbocycles. The number of tetrazole rings is 1. The summed E-state index contributed by atoms with van der Waals surface area (Å²) < 4.78 is 12.8. The summed E-state index contributed by atoms with van der Waals surface area (Å²) in [7, 11) is 0. The van der Waals surface area contributed by atoms with E-state index in [1.165, 1.54) is 11.0 Å². The van der Waals surface area contributed by atoms with E-state index in [9.17, 15) is 4.79 Å². The summed E-state index contributed by atoms with van der Waals surface area (Å²) in [6.45, 7) is 0.182. The molecule has 1 aromatic heterocycles. The molecule has 3 aromatic rings. The van der Waals surface area contributed by atoms with E-state index < -0.39 is 0 Å². The van der Waals surface area contributed by atoms with Gasteiger partial charge < -0.3 is 14.8 Å². The summed E-state index contributed by atoms with van der Waals surface area (Å²) in [5.41, 5.74) is 1.60. The first-order valence-electron chi connectivity index (χ1n) is 6.94. The molecule has 9 heteroatoms. The fourth-order valence-electron chi connectivity index (χ4n) is 2.33. The Kier molecular flexibility index (Phi) is 3.62. The molecule has 0 saturated heterocycles. The highest BCUT2D eigenvalue weighted by molar-refractivity contribution is 9.10. The maximum absolute atomic E-state index is 12.7. The topological polar surface area (TPSA) is 91.2 Å². The van der Waals surface area contributed by atoms with E-state index in [1.54, 1.807) is 30.3 Å². The Morgan fingerprint density at radius 2 is 2.04 bits per heavy atom. The smallest absolute Gasteiger partial charge is 0.257 e. The number of fused-ring (bicyclic) bond motifs is 1. The van der Waals surface area contributed by atoms with E-state index in [1.807, 2.05) is 6.07 Å². The van der Waals surface area contributed by atoms with Gasteiger partial charge in [-0.1, -0.05) is 15.9 Å². The molecule has 0 bridgehead atoms. The molecule has 0 unspecified atom stereocenters. The maximum Gasteiger partial charge on any atom is 0.257 e. The Balaban J connectivity index is 1.66. The predicted molar refractivity (Wildman–Crippen MR) is 87.4 cm³/mol. The summed E-state index contributed by atoms with van der Waals surface area (Å²) in [4.78, 5) is 12.7. The molecular weight excluding hydrogens is 378 g/mol. The zero-order valence-corrected chi connectivity index (χ0v) is 13.7. The van der Waals surface area contributed by atoms with Crippen LogP contribution in [0.3, 0.4) is 0 Å². The Bertz CT molecular complexity index is 913. The first kappa shape index (κ1) is 14.6. The van der Waals surface area contributed by atoms with Gasteiger partial charge in [-0.15, -0.1) is 5.10 Å². The van der Waals surface area contributed by atoms with Gasteiger partial charge in [0.25, 0.3) is 5.91 Å². The second kappa shape index (κ2) is 5.93. The highest BCUT2D eigenvalue weighted by Gasteiger charge is 2.17. The zero-order valence-electron chi connectivity index (χ0n) is 12.1. The fourth-order valence-corrected chi connectivity index (χ4v) is 2.70. The van der Waals surface area contributed by atoms with E-state index in [2.05, 4.69) is 36.8 Å². The number of rotatable bonds is 3. The summed E-state index contributed by atoms with van der Waals surface area (Å²) >= 11 is 3.38. The van der Waals surface area contributed by atoms with Crippen LogP contribution < -0.4 is 14.8 Å². The van der Waals surface area contributed by atoms with Crippen LogP contribution >= 0.6 is 15.9 Å². The van der Waals surface area contributed by atoms with Gasteiger partial charge in [0, 0.05) is 16.2 Å². The number of anilines is 1. The molecule has 1 aliphatic heterocycles. The van der Waals surface area contributed by atoms with E-state index in [0.29, 0.717) is 28.4 Å². The van der Waals surface area contributed by atoms with Crippen LogP contribution in [0, 0.1) is 0 Å². The molecule has 24 heavy (non-hydrogen) atoms. The van der Waals surface area contributed by atoms with Gasteiger partial charge in [-0.2, -0.15) is 4.68 Å². The number of nitrogens with zero attached hydrogens (tertiary/aromatic N) is 4. The van der Waals surface area contributed by atoms with Crippen LogP contribution in [0.5, 0.6) is 11.5 Å². The lowest BCUT2D eigenvalue weighted by atomic mass is 10.1. The van der Waals surface area contributed by atoms with Crippen LogP contribution in [0.15, 0.2) is 47.2 Å². The number of amides is 1. The number of aromatic nitrogens is 4. The third-order valence-corrected chi connectivity index (χ3v) is 3.92. The normalized spacial score (nSPS) is 12.2. The molecule has 0 atom stereocenters. The van der Waals surface area contributed by atoms with E-state index in [-0.39, 0.29) is 12.7 Å². The van der Waals surface area contributed by atoms with Gasteiger partial charge in [0.2, 0.25) is 6.79 Å². The average Bonchev–Trinajstić information content (AvgIpc) is 3.25. The van der Waals surface area contributed by atoms with Crippen molar-refractivity contribution in [1.29, 1.82) is 0 Å². The zero-order chi connectivity index (χ0) is 16.5.